The average Bonchev–Trinajstić information content (AvgIpc) is 2.58. The lowest BCUT2D eigenvalue weighted by molar-refractivity contribution is -0.0252. The molecule has 1 unspecified atom stereocenters. The van der Waals surface area contributed by atoms with Crippen LogP contribution in [0.25, 0.3) is 0 Å². The van der Waals surface area contributed by atoms with Gasteiger partial charge in [-0.05, 0) is 40.5 Å². The second kappa shape index (κ2) is 9.02. The Labute approximate surface area is 166 Å². The molecule has 3 fully saturated rings. The molecule has 3 rings (SSSR count). The highest BCUT2D eigenvalue weighted by Crippen LogP contribution is 2.46. The van der Waals surface area contributed by atoms with Gasteiger partial charge in [-0.1, -0.05) is 56.2 Å². The zero-order chi connectivity index (χ0) is 19.4. The number of likely N-dealkylation sites (tertiary alicyclic amines) is 1. The SMILES string of the molecule is CC(/C=C/B1C2CCCC1CCC2)OC1CCN(C(=O)OC(C)(C)C)CC1. The lowest BCUT2D eigenvalue weighted by Gasteiger charge is -2.39. The molecule has 1 amide bonds. The van der Waals surface area contributed by atoms with Gasteiger partial charge in [-0.2, -0.15) is 0 Å². The molecular formula is C22H38BNO3. The number of carbonyl (C=O) groups excluding carboxylic acids is 1. The minimum atomic E-state index is -0.429. The summed E-state index contributed by atoms with van der Waals surface area (Å²) in [6.45, 7) is 10.1. The fraction of sp³-hybridized carbons (Fsp3) is 0.864. The molecule has 0 aromatic carbocycles. The first-order valence-electron chi connectivity index (χ1n) is 11.1. The zero-order valence-electron chi connectivity index (χ0n) is 17.8. The summed E-state index contributed by atoms with van der Waals surface area (Å²) in [6, 6.07) is 0. The van der Waals surface area contributed by atoms with E-state index in [1.165, 1.54) is 38.5 Å². The molecule has 5 heteroatoms. The van der Waals surface area contributed by atoms with Crippen molar-refractivity contribution in [2.45, 2.75) is 109 Å². The summed E-state index contributed by atoms with van der Waals surface area (Å²) in [6.07, 6.45) is 12.9. The minimum absolute atomic E-state index is 0.158. The molecule has 2 bridgehead atoms. The highest BCUT2D eigenvalue weighted by atomic mass is 16.6. The summed E-state index contributed by atoms with van der Waals surface area (Å²) in [5.74, 6) is 4.31. The maximum atomic E-state index is 12.2. The molecule has 152 valence electrons. The molecular weight excluding hydrogens is 337 g/mol. The van der Waals surface area contributed by atoms with E-state index in [-0.39, 0.29) is 18.3 Å². The van der Waals surface area contributed by atoms with Crippen LogP contribution in [0.1, 0.15) is 79.1 Å². The van der Waals surface area contributed by atoms with Crippen molar-refractivity contribution >= 4 is 12.8 Å². The molecule has 0 N–H and O–H groups in total. The van der Waals surface area contributed by atoms with Crippen molar-refractivity contribution in [3.63, 3.8) is 0 Å². The van der Waals surface area contributed by atoms with E-state index < -0.39 is 5.60 Å². The van der Waals surface area contributed by atoms with Crippen LogP contribution in [0.4, 0.5) is 4.79 Å². The van der Waals surface area contributed by atoms with Crippen LogP contribution in [-0.4, -0.2) is 48.6 Å². The molecule has 0 saturated carbocycles. The van der Waals surface area contributed by atoms with Gasteiger partial charge in [0.25, 0.3) is 0 Å². The van der Waals surface area contributed by atoms with E-state index >= 15 is 0 Å². The van der Waals surface area contributed by atoms with Crippen molar-refractivity contribution in [1.29, 1.82) is 0 Å². The van der Waals surface area contributed by atoms with Crippen LogP contribution in [0.15, 0.2) is 12.1 Å². The molecule has 1 atom stereocenters. The molecule has 0 aromatic heterocycles. The smallest absolute Gasteiger partial charge is 0.410 e. The van der Waals surface area contributed by atoms with Gasteiger partial charge in [0.2, 0.25) is 0 Å². The number of carbonyl (C=O) groups is 1. The first kappa shape index (κ1) is 20.8. The van der Waals surface area contributed by atoms with Crippen molar-refractivity contribution in [2.24, 2.45) is 0 Å². The molecule has 3 heterocycles. The number of amides is 1. The Morgan fingerprint density at radius 1 is 1.04 bits per heavy atom. The fourth-order valence-electron chi connectivity index (χ4n) is 5.18. The Balaban J connectivity index is 1.42. The van der Waals surface area contributed by atoms with Gasteiger partial charge < -0.3 is 14.4 Å². The van der Waals surface area contributed by atoms with Gasteiger partial charge in [0.05, 0.1) is 12.2 Å². The Morgan fingerprint density at radius 3 is 2.11 bits per heavy atom. The summed E-state index contributed by atoms with van der Waals surface area (Å²) in [5.41, 5.74) is -0.429. The second-order valence-electron chi connectivity index (χ2n) is 9.85. The molecule has 4 nitrogen and oxygen atoms in total. The zero-order valence-corrected chi connectivity index (χ0v) is 17.8. The Hall–Kier alpha value is -0.965. The predicted molar refractivity (Wildman–Crippen MR) is 111 cm³/mol. The van der Waals surface area contributed by atoms with Gasteiger partial charge in [0.1, 0.15) is 5.60 Å². The minimum Gasteiger partial charge on any atom is -0.444 e. The van der Waals surface area contributed by atoms with Gasteiger partial charge in [-0.25, -0.2) is 4.79 Å². The number of fused-ring (bicyclic) bond motifs is 2. The number of piperidine rings is 1. The molecule has 3 aliphatic rings. The topological polar surface area (TPSA) is 38.8 Å². The number of rotatable bonds is 4. The Kier molecular flexibility index (Phi) is 6.94. The standard InChI is InChI=1S/C22H38BNO3/c1-17(11-14-23-18-7-5-8-19(23)10-6-9-18)26-20-12-15-24(16-13-20)21(25)27-22(2,3)4/h11,14,17-20H,5-10,12-13,15-16H2,1-4H3/b14-11+. The van der Waals surface area contributed by atoms with Crippen LogP contribution in [0.5, 0.6) is 0 Å². The van der Waals surface area contributed by atoms with Crippen LogP contribution in [0.2, 0.25) is 11.6 Å². The second-order valence-corrected chi connectivity index (χ2v) is 9.85. The molecule has 3 aliphatic heterocycles. The summed E-state index contributed by atoms with van der Waals surface area (Å²) in [4.78, 5) is 14.0. The highest BCUT2D eigenvalue weighted by molar-refractivity contribution is 6.67. The van der Waals surface area contributed by atoms with Crippen molar-refractivity contribution in [2.75, 3.05) is 13.1 Å². The monoisotopic (exact) mass is 375 g/mol. The molecule has 0 spiro atoms. The van der Waals surface area contributed by atoms with E-state index in [0.29, 0.717) is 0 Å². The first-order valence-corrected chi connectivity index (χ1v) is 11.1. The first-order chi connectivity index (χ1) is 12.8. The largest absolute Gasteiger partial charge is 0.444 e. The van der Waals surface area contributed by atoms with Crippen molar-refractivity contribution in [1.82, 2.24) is 4.90 Å². The number of hydrogen-bond acceptors (Lipinski definition) is 3. The van der Waals surface area contributed by atoms with E-state index in [0.717, 1.165) is 44.3 Å². The maximum Gasteiger partial charge on any atom is 0.410 e. The summed E-state index contributed by atoms with van der Waals surface area (Å²) < 4.78 is 11.7. The van der Waals surface area contributed by atoms with Gasteiger partial charge in [0, 0.05) is 13.1 Å². The van der Waals surface area contributed by atoms with Crippen LogP contribution in [0, 0.1) is 0 Å². The van der Waals surface area contributed by atoms with Crippen LogP contribution >= 0.6 is 0 Å². The van der Waals surface area contributed by atoms with Crippen molar-refractivity contribution < 1.29 is 14.3 Å². The van der Waals surface area contributed by atoms with Gasteiger partial charge in [-0.15, -0.1) is 5.98 Å². The van der Waals surface area contributed by atoms with E-state index in [1.54, 1.807) is 0 Å². The molecule has 3 saturated heterocycles. The van der Waals surface area contributed by atoms with Crippen LogP contribution < -0.4 is 0 Å². The lowest BCUT2D eigenvalue weighted by atomic mass is 9.27. The third-order valence-corrected chi connectivity index (χ3v) is 6.49. The van der Waals surface area contributed by atoms with Crippen molar-refractivity contribution in [3.8, 4) is 0 Å². The number of ether oxygens (including phenoxy) is 2. The number of hydrogen-bond donors (Lipinski definition) is 0. The highest BCUT2D eigenvalue weighted by Gasteiger charge is 2.37. The van der Waals surface area contributed by atoms with Crippen LogP contribution in [0.3, 0.4) is 0 Å². The molecule has 0 radical (unpaired) electrons. The predicted octanol–water partition coefficient (Wildman–Crippen LogP) is 5.49. The maximum absolute atomic E-state index is 12.2. The van der Waals surface area contributed by atoms with E-state index in [4.69, 9.17) is 9.47 Å². The Bertz CT molecular complexity index is 500. The third kappa shape index (κ3) is 6.00. The van der Waals surface area contributed by atoms with Crippen molar-refractivity contribution in [3.05, 3.63) is 12.1 Å². The quantitative estimate of drug-likeness (QED) is 0.610. The Morgan fingerprint density at radius 2 is 1.59 bits per heavy atom. The third-order valence-electron chi connectivity index (χ3n) is 6.49. The normalized spacial score (nSPS) is 28.4. The van der Waals surface area contributed by atoms with E-state index in [2.05, 4.69) is 19.0 Å². The van der Waals surface area contributed by atoms with E-state index in [9.17, 15) is 4.79 Å². The summed E-state index contributed by atoms with van der Waals surface area (Å²) in [7, 11) is 0. The average molecular weight is 375 g/mol. The van der Waals surface area contributed by atoms with Crippen LogP contribution in [-0.2, 0) is 9.47 Å². The number of nitrogens with zero attached hydrogens (tertiary/aromatic N) is 1. The summed E-state index contributed by atoms with van der Waals surface area (Å²) >= 11 is 0. The molecule has 0 aromatic rings. The molecule has 27 heavy (non-hydrogen) atoms. The fourth-order valence-corrected chi connectivity index (χ4v) is 5.18. The van der Waals surface area contributed by atoms with E-state index in [1.807, 2.05) is 25.7 Å². The lowest BCUT2D eigenvalue weighted by Crippen LogP contribution is -2.43. The van der Waals surface area contributed by atoms with Gasteiger partial charge >= 0.3 is 6.09 Å². The molecule has 0 aliphatic carbocycles. The van der Waals surface area contributed by atoms with Gasteiger partial charge in [-0.3, -0.25) is 0 Å². The van der Waals surface area contributed by atoms with Gasteiger partial charge in [0.15, 0.2) is 6.71 Å². The summed E-state index contributed by atoms with van der Waals surface area (Å²) in [5, 5.41) is 0.